The number of carbonyl (C=O) groups is 1. The Morgan fingerprint density at radius 3 is 2.96 bits per heavy atom. The van der Waals surface area contributed by atoms with Crippen molar-refractivity contribution < 1.29 is 4.79 Å². The summed E-state index contributed by atoms with van der Waals surface area (Å²) in [6.07, 6.45) is 7.88. The number of aromatic nitrogens is 1. The van der Waals surface area contributed by atoms with Gasteiger partial charge in [0.1, 0.15) is 0 Å². The number of nitrogens with zero attached hydrogens (tertiary/aromatic N) is 1. The monoisotopic (exact) mass is 392 g/mol. The zero-order valence-electron chi connectivity index (χ0n) is 16.0. The maximum absolute atomic E-state index is 12.7. The Bertz CT molecular complexity index is 1020. The van der Waals surface area contributed by atoms with Gasteiger partial charge in [-0.1, -0.05) is 29.8 Å². The smallest absolute Gasteiger partial charge is 0.167 e. The molecular formula is C24H25ClN2O. The number of rotatable bonds is 4. The molecule has 144 valence electrons. The third-order valence-corrected chi connectivity index (χ3v) is 6.77. The third-order valence-electron chi connectivity index (χ3n) is 6.53. The van der Waals surface area contributed by atoms with E-state index >= 15 is 0 Å². The van der Waals surface area contributed by atoms with Gasteiger partial charge in [-0.2, -0.15) is 0 Å². The highest BCUT2D eigenvalue weighted by atomic mass is 35.5. The predicted octanol–water partition coefficient (Wildman–Crippen LogP) is 5.59. The zero-order valence-corrected chi connectivity index (χ0v) is 16.7. The van der Waals surface area contributed by atoms with Crippen LogP contribution in [-0.4, -0.2) is 34.8 Å². The summed E-state index contributed by atoms with van der Waals surface area (Å²) < 4.78 is 0. The number of aromatic amines is 1. The van der Waals surface area contributed by atoms with Gasteiger partial charge in [0.25, 0.3) is 0 Å². The lowest BCUT2D eigenvalue weighted by Gasteiger charge is -2.35. The summed E-state index contributed by atoms with van der Waals surface area (Å²) in [7, 11) is 0. The average Bonchev–Trinajstić information content (AvgIpc) is 3.33. The van der Waals surface area contributed by atoms with Crippen molar-refractivity contribution >= 4 is 28.3 Å². The Morgan fingerprint density at radius 2 is 2.07 bits per heavy atom. The highest BCUT2D eigenvalue weighted by Crippen LogP contribution is 2.37. The number of H-pyrrole nitrogens is 1. The highest BCUT2D eigenvalue weighted by molar-refractivity contribution is 6.31. The molecule has 1 aromatic heterocycles. The quantitative estimate of drug-likeness (QED) is 0.587. The van der Waals surface area contributed by atoms with Crippen molar-refractivity contribution in [2.45, 2.75) is 44.1 Å². The van der Waals surface area contributed by atoms with Gasteiger partial charge in [-0.05, 0) is 73.5 Å². The zero-order chi connectivity index (χ0) is 19.1. The van der Waals surface area contributed by atoms with Gasteiger partial charge in [-0.15, -0.1) is 0 Å². The second kappa shape index (κ2) is 7.38. The maximum atomic E-state index is 12.7. The van der Waals surface area contributed by atoms with Crippen LogP contribution in [0, 0.1) is 0 Å². The number of hydrogen-bond donors (Lipinski definition) is 1. The lowest BCUT2D eigenvalue weighted by Crippen LogP contribution is -2.37. The maximum Gasteiger partial charge on any atom is 0.167 e. The van der Waals surface area contributed by atoms with Gasteiger partial charge in [0.2, 0.25) is 0 Å². The average molecular weight is 393 g/mol. The second-order valence-electron chi connectivity index (χ2n) is 8.30. The van der Waals surface area contributed by atoms with E-state index in [0.29, 0.717) is 22.9 Å². The molecule has 28 heavy (non-hydrogen) atoms. The highest BCUT2D eigenvalue weighted by Gasteiger charge is 2.32. The SMILES string of the molecule is O=C(Cc1ccc2[nH]cc(C3CCC4CCCN4C3)c2c1)c1cccc(Cl)c1. The first-order valence-corrected chi connectivity index (χ1v) is 10.7. The molecule has 4 heteroatoms. The summed E-state index contributed by atoms with van der Waals surface area (Å²) in [5, 5.41) is 1.88. The van der Waals surface area contributed by atoms with Crippen LogP contribution in [0.15, 0.2) is 48.7 Å². The van der Waals surface area contributed by atoms with E-state index in [1.54, 1.807) is 12.1 Å². The van der Waals surface area contributed by atoms with E-state index in [-0.39, 0.29) is 5.78 Å². The molecule has 0 spiro atoms. The third kappa shape index (κ3) is 3.38. The van der Waals surface area contributed by atoms with Crippen molar-refractivity contribution in [3.63, 3.8) is 0 Å². The second-order valence-corrected chi connectivity index (χ2v) is 8.74. The van der Waals surface area contributed by atoms with Gasteiger partial charge in [0.15, 0.2) is 5.78 Å². The van der Waals surface area contributed by atoms with Gasteiger partial charge in [-0.25, -0.2) is 0 Å². The van der Waals surface area contributed by atoms with E-state index < -0.39 is 0 Å². The molecule has 2 atom stereocenters. The molecule has 2 aliphatic heterocycles. The van der Waals surface area contributed by atoms with Gasteiger partial charge in [0.05, 0.1) is 0 Å². The Hall–Kier alpha value is -2.10. The minimum Gasteiger partial charge on any atom is -0.361 e. The van der Waals surface area contributed by atoms with E-state index in [9.17, 15) is 4.79 Å². The number of hydrogen-bond acceptors (Lipinski definition) is 2. The fraction of sp³-hybridized carbons (Fsp3) is 0.375. The first kappa shape index (κ1) is 18.0. The van der Waals surface area contributed by atoms with Gasteiger partial charge < -0.3 is 4.98 Å². The van der Waals surface area contributed by atoms with Crippen LogP contribution in [0.1, 0.15) is 53.1 Å². The molecular weight excluding hydrogens is 368 g/mol. The summed E-state index contributed by atoms with van der Waals surface area (Å²) >= 11 is 6.04. The first-order valence-electron chi connectivity index (χ1n) is 10.3. The van der Waals surface area contributed by atoms with Crippen molar-refractivity contribution in [2.75, 3.05) is 13.1 Å². The minimum absolute atomic E-state index is 0.108. The molecule has 2 unspecified atom stereocenters. The number of Topliss-reactive ketones (excluding diaryl/α,β-unsaturated/α-hetero) is 1. The molecule has 0 bridgehead atoms. The number of benzene rings is 2. The van der Waals surface area contributed by atoms with Crippen LogP contribution in [0.3, 0.4) is 0 Å². The fourth-order valence-electron chi connectivity index (χ4n) is 5.07. The van der Waals surface area contributed by atoms with Gasteiger partial charge in [0, 0.05) is 46.7 Å². The number of carbonyl (C=O) groups excluding carboxylic acids is 1. The van der Waals surface area contributed by atoms with Crippen molar-refractivity contribution in [3.8, 4) is 0 Å². The molecule has 0 radical (unpaired) electrons. The fourth-order valence-corrected chi connectivity index (χ4v) is 5.26. The molecule has 0 amide bonds. The molecule has 1 N–H and O–H groups in total. The van der Waals surface area contributed by atoms with Gasteiger partial charge >= 0.3 is 0 Å². The van der Waals surface area contributed by atoms with E-state index in [4.69, 9.17) is 11.6 Å². The van der Waals surface area contributed by atoms with E-state index in [1.807, 2.05) is 12.1 Å². The molecule has 2 aliphatic rings. The standard InChI is InChI=1S/C24H25ClN2O/c25-19-4-1-3-17(13-19)24(28)12-16-6-9-23-21(11-16)22(14-26-23)18-7-8-20-5-2-10-27(20)15-18/h1,3-4,6,9,11,13-14,18,20,26H,2,5,7-8,10,12,15H2. The number of piperidine rings is 1. The van der Waals surface area contributed by atoms with Crippen molar-refractivity contribution in [1.29, 1.82) is 0 Å². The van der Waals surface area contributed by atoms with Crippen LogP contribution >= 0.6 is 11.6 Å². The summed E-state index contributed by atoms with van der Waals surface area (Å²) in [4.78, 5) is 18.8. The normalized spacial score (nSPS) is 22.5. The molecule has 3 aromatic rings. The molecule has 2 aromatic carbocycles. The first-order chi connectivity index (χ1) is 13.7. The van der Waals surface area contributed by atoms with E-state index in [2.05, 4.69) is 34.3 Å². The lowest BCUT2D eigenvalue weighted by atomic mass is 9.87. The summed E-state index contributed by atoms with van der Waals surface area (Å²) in [5.74, 6) is 0.693. The van der Waals surface area contributed by atoms with Crippen LogP contribution in [-0.2, 0) is 6.42 Å². The van der Waals surface area contributed by atoms with Crippen LogP contribution in [0.4, 0.5) is 0 Å². The molecule has 5 rings (SSSR count). The van der Waals surface area contributed by atoms with Crippen LogP contribution in [0.25, 0.3) is 10.9 Å². The number of ketones is 1. The van der Waals surface area contributed by atoms with E-state index in [1.165, 1.54) is 49.7 Å². The van der Waals surface area contributed by atoms with Crippen molar-refractivity contribution in [3.05, 3.63) is 70.4 Å². The minimum atomic E-state index is 0.108. The van der Waals surface area contributed by atoms with Crippen LogP contribution < -0.4 is 0 Å². The summed E-state index contributed by atoms with van der Waals surface area (Å²) in [6.45, 7) is 2.42. The molecule has 3 heterocycles. The topological polar surface area (TPSA) is 36.1 Å². The van der Waals surface area contributed by atoms with Crippen LogP contribution in [0.2, 0.25) is 5.02 Å². The van der Waals surface area contributed by atoms with E-state index in [0.717, 1.165) is 17.1 Å². The number of nitrogens with one attached hydrogen (secondary N) is 1. The Balaban J connectivity index is 1.40. The largest absolute Gasteiger partial charge is 0.361 e. The Kier molecular flexibility index (Phi) is 4.73. The number of fused-ring (bicyclic) bond motifs is 2. The molecule has 0 aliphatic carbocycles. The molecule has 2 fully saturated rings. The molecule has 2 saturated heterocycles. The van der Waals surface area contributed by atoms with Gasteiger partial charge in [-0.3, -0.25) is 9.69 Å². The summed E-state index contributed by atoms with van der Waals surface area (Å²) in [5.41, 5.74) is 4.32. The van der Waals surface area contributed by atoms with Crippen LogP contribution in [0.5, 0.6) is 0 Å². The summed E-state index contributed by atoms with van der Waals surface area (Å²) in [6, 6.07) is 14.4. The lowest BCUT2D eigenvalue weighted by molar-refractivity contribution is 0.0993. The Morgan fingerprint density at radius 1 is 1.14 bits per heavy atom. The molecule has 3 nitrogen and oxygen atoms in total. The van der Waals surface area contributed by atoms with Crippen molar-refractivity contribution in [2.24, 2.45) is 0 Å². The molecule has 0 saturated carbocycles. The van der Waals surface area contributed by atoms with Crippen molar-refractivity contribution in [1.82, 2.24) is 9.88 Å². The Labute approximate surface area is 170 Å². The predicted molar refractivity (Wildman–Crippen MR) is 114 cm³/mol. The number of halogens is 1.